The van der Waals surface area contributed by atoms with E-state index in [2.05, 4.69) is 15.3 Å². The van der Waals surface area contributed by atoms with Crippen molar-refractivity contribution in [1.29, 1.82) is 0 Å². The van der Waals surface area contributed by atoms with Crippen LogP contribution in [0.5, 0.6) is 0 Å². The van der Waals surface area contributed by atoms with Gasteiger partial charge in [-0.05, 0) is 35.9 Å². The highest BCUT2D eigenvalue weighted by atomic mass is 32.2. The molecular formula is C19H15FN4O2S. The van der Waals surface area contributed by atoms with Gasteiger partial charge in [0, 0.05) is 17.3 Å². The zero-order valence-electron chi connectivity index (χ0n) is 14.2. The van der Waals surface area contributed by atoms with Crippen molar-refractivity contribution >= 4 is 33.9 Å². The van der Waals surface area contributed by atoms with Crippen LogP contribution in [0.25, 0.3) is 11.0 Å². The molecule has 1 amide bonds. The van der Waals surface area contributed by atoms with Gasteiger partial charge in [0.2, 0.25) is 0 Å². The molecule has 0 saturated heterocycles. The second-order valence-electron chi connectivity index (χ2n) is 5.98. The number of carbonyl (C=O) groups excluding carboxylic acids is 1. The van der Waals surface area contributed by atoms with Crippen molar-refractivity contribution in [2.75, 3.05) is 12.3 Å². The minimum atomic E-state index is -0.494. The van der Waals surface area contributed by atoms with E-state index in [0.717, 1.165) is 11.3 Å². The molecule has 27 heavy (non-hydrogen) atoms. The van der Waals surface area contributed by atoms with Gasteiger partial charge in [-0.3, -0.25) is 19.1 Å². The van der Waals surface area contributed by atoms with Crippen LogP contribution in [0, 0.1) is 5.82 Å². The Hall–Kier alpha value is -3.00. The van der Waals surface area contributed by atoms with Gasteiger partial charge in [0.05, 0.1) is 13.1 Å². The van der Waals surface area contributed by atoms with Gasteiger partial charge in [0.25, 0.3) is 11.5 Å². The molecule has 1 aliphatic heterocycles. The van der Waals surface area contributed by atoms with Gasteiger partial charge in [-0.15, -0.1) is 0 Å². The van der Waals surface area contributed by atoms with E-state index in [1.54, 1.807) is 36.5 Å². The van der Waals surface area contributed by atoms with Crippen LogP contribution in [-0.4, -0.2) is 32.9 Å². The summed E-state index contributed by atoms with van der Waals surface area (Å²) in [4.78, 5) is 34.1. The number of amides is 1. The number of nitrogens with one attached hydrogen (secondary N) is 1. The topological polar surface area (TPSA) is 76.3 Å². The Balaban J connectivity index is 1.78. The monoisotopic (exact) mass is 382 g/mol. The van der Waals surface area contributed by atoms with Crippen LogP contribution in [0.3, 0.4) is 0 Å². The Labute approximate surface area is 158 Å². The molecule has 3 aromatic rings. The fourth-order valence-electron chi connectivity index (χ4n) is 2.86. The maximum absolute atomic E-state index is 13.2. The Morgan fingerprint density at radius 1 is 1.26 bits per heavy atom. The molecule has 2 aromatic heterocycles. The Morgan fingerprint density at radius 3 is 2.81 bits per heavy atom. The Kier molecular flexibility index (Phi) is 4.72. The van der Waals surface area contributed by atoms with Crippen molar-refractivity contribution in [1.82, 2.24) is 14.9 Å². The van der Waals surface area contributed by atoms with Crippen LogP contribution in [-0.2, 0) is 6.54 Å². The summed E-state index contributed by atoms with van der Waals surface area (Å²) in [5, 5.41) is 3.89. The number of hydrogen-bond donors (Lipinski definition) is 1. The van der Waals surface area contributed by atoms with Gasteiger partial charge in [-0.25, -0.2) is 9.37 Å². The third-order valence-corrected chi connectivity index (χ3v) is 5.04. The molecule has 0 atom stereocenters. The van der Waals surface area contributed by atoms with E-state index in [4.69, 9.17) is 0 Å². The lowest BCUT2D eigenvalue weighted by molar-refractivity contribution is 0.0976. The second-order valence-corrected chi connectivity index (χ2v) is 7.07. The number of pyridine rings is 2. The molecule has 0 unspecified atom stereocenters. The first-order valence-corrected chi connectivity index (χ1v) is 9.32. The average molecular weight is 382 g/mol. The predicted molar refractivity (Wildman–Crippen MR) is 104 cm³/mol. The molecule has 1 N–H and O–H groups in total. The van der Waals surface area contributed by atoms with Gasteiger partial charge in [0.1, 0.15) is 17.0 Å². The minimum absolute atomic E-state index is 0.0211. The van der Waals surface area contributed by atoms with Crippen molar-refractivity contribution in [3.05, 3.63) is 76.0 Å². The standard InChI is InChI=1S/C19H15FN4O2S/c20-14-5-3-12(4-6-14)11-24-16-13(2-1-7-21-16)10-15(18(24)26)17(25)23-19-22-8-9-27-19/h1-7,10H,8-9,11H2,(H,22,23,25). The van der Waals surface area contributed by atoms with E-state index in [1.165, 1.54) is 28.5 Å². The largest absolute Gasteiger partial charge is 0.301 e. The van der Waals surface area contributed by atoms with Gasteiger partial charge >= 0.3 is 0 Å². The molecule has 3 heterocycles. The van der Waals surface area contributed by atoms with E-state index in [1.807, 2.05) is 0 Å². The average Bonchev–Trinajstić information content (AvgIpc) is 3.18. The fourth-order valence-corrected chi connectivity index (χ4v) is 3.59. The lowest BCUT2D eigenvalue weighted by Gasteiger charge is -2.12. The number of nitrogens with zero attached hydrogens (tertiary/aromatic N) is 3. The van der Waals surface area contributed by atoms with E-state index in [0.29, 0.717) is 22.7 Å². The molecule has 0 fully saturated rings. The second kappa shape index (κ2) is 7.32. The first-order chi connectivity index (χ1) is 13.1. The van der Waals surface area contributed by atoms with Gasteiger partial charge < -0.3 is 5.32 Å². The molecule has 1 aliphatic rings. The molecule has 6 nitrogen and oxygen atoms in total. The lowest BCUT2D eigenvalue weighted by atomic mass is 10.1. The van der Waals surface area contributed by atoms with E-state index < -0.39 is 11.5 Å². The number of aromatic nitrogens is 2. The molecule has 0 aliphatic carbocycles. The highest BCUT2D eigenvalue weighted by Gasteiger charge is 2.19. The van der Waals surface area contributed by atoms with Gasteiger partial charge in [0.15, 0.2) is 5.17 Å². The number of halogens is 1. The Morgan fingerprint density at radius 2 is 2.07 bits per heavy atom. The van der Waals surface area contributed by atoms with E-state index in [-0.39, 0.29) is 17.9 Å². The van der Waals surface area contributed by atoms with Gasteiger partial charge in [-0.1, -0.05) is 23.9 Å². The number of hydrogen-bond acceptors (Lipinski definition) is 5. The van der Waals surface area contributed by atoms with Crippen molar-refractivity contribution in [3.8, 4) is 0 Å². The summed E-state index contributed by atoms with van der Waals surface area (Å²) in [5.74, 6) is -0.0321. The molecule has 1 aromatic carbocycles. The van der Waals surface area contributed by atoms with Gasteiger partial charge in [-0.2, -0.15) is 0 Å². The van der Waals surface area contributed by atoms with Crippen LogP contribution in [0.1, 0.15) is 15.9 Å². The summed E-state index contributed by atoms with van der Waals surface area (Å²) in [5.41, 5.74) is 0.772. The van der Waals surface area contributed by atoms with Crippen LogP contribution < -0.4 is 10.9 Å². The van der Waals surface area contributed by atoms with Crippen LogP contribution in [0.4, 0.5) is 4.39 Å². The third kappa shape index (κ3) is 3.61. The number of thioether (sulfide) groups is 1. The maximum atomic E-state index is 13.2. The summed E-state index contributed by atoms with van der Waals surface area (Å²) in [6, 6.07) is 11.0. The van der Waals surface area contributed by atoms with E-state index in [9.17, 15) is 14.0 Å². The minimum Gasteiger partial charge on any atom is -0.301 e. The number of aliphatic imine (C=N–C) groups is 1. The summed E-state index contributed by atoms with van der Waals surface area (Å²) >= 11 is 1.44. The smallest absolute Gasteiger partial charge is 0.265 e. The van der Waals surface area contributed by atoms with Crippen LogP contribution >= 0.6 is 11.8 Å². The number of amidine groups is 1. The van der Waals surface area contributed by atoms with Crippen molar-refractivity contribution in [2.24, 2.45) is 4.99 Å². The first kappa shape index (κ1) is 17.4. The molecular weight excluding hydrogens is 367 g/mol. The van der Waals surface area contributed by atoms with Crippen LogP contribution in [0.2, 0.25) is 0 Å². The zero-order valence-corrected chi connectivity index (χ0v) is 15.0. The van der Waals surface area contributed by atoms with Crippen molar-refractivity contribution in [3.63, 3.8) is 0 Å². The highest BCUT2D eigenvalue weighted by Crippen LogP contribution is 2.14. The molecule has 0 radical (unpaired) electrons. The van der Waals surface area contributed by atoms with Crippen molar-refractivity contribution in [2.45, 2.75) is 6.54 Å². The normalized spacial score (nSPS) is 13.6. The summed E-state index contributed by atoms with van der Waals surface area (Å²) in [7, 11) is 0. The molecule has 0 saturated carbocycles. The van der Waals surface area contributed by atoms with Crippen LogP contribution in [0.15, 0.2) is 58.4 Å². The number of benzene rings is 1. The van der Waals surface area contributed by atoms with E-state index >= 15 is 0 Å². The molecule has 4 rings (SSSR count). The molecule has 0 spiro atoms. The third-order valence-electron chi connectivity index (χ3n) is 4.15. The lowest BCUT2D eigenvalue weighted by Crippen LogP contribution is -2.35. The first-order valence-electron chi connectivity index (χ1n) is 8.33. The molecule has 136 valence electrons. The summed E-state index contributed by atoms with van der Waals surface area (Å²) in [6.45, 7) is 0.833. The quantitative estimate of drug-likeness (QED) is 0.755. The SMILES string of the molecule is O=C(NC1=NCCS1)c1cc2cccnc2n(Cc2ccc(F)cc2)c1=O. The number of rotatable bonds is 3. The molecule has 0 bridgehead atoms. The number of fused-ring (bicyclic) bond motifs is 1. The van der Waals surface area contributed by atoms with Crippen molar-refractivity contribution < 1.29 is 9.18 Å². The predicted octanol–water partition coefficient (Wildman–Crippen LogP) is 2.42. The molecule has 8 heteroatoms. The summed E-state index contributed by atoms with van der Waals surface area (Å²) in [6.07, 6.45) is 1.59. The Bertz CT molecular complexity index is 1110. The summed E-state index contributed by atoms with van der Waals surface area (Å²) < 4.78 is 14.6. The highest BCUT2D eigenvalue weighted by molar-refractivity contribution is 8.14. The number of carbonyl (C=O) groups is 1. The zero-order chi connectivity index (χ0) is 18.8. The maximum Gasteiger partial charge on any atom is 0.265 e. The fraction of sp³-hybridized carbons (Fsp3) is 0.158.